The highest BCUT2D eigenvalue weighted by Gasteiger charge is 2.50. The number of aliphatic carboxylic acids is 2. The Kier molecular flexibility index (Phi) is 21.4. The van der Waals surface area contributed by atoms with Crippen molar-refractivity contribution in [2.45, 2.75) is 123 Å². The van der Waals surface area contributed by atoms with Gasteiger partial charge in [-0.15, -0.1) is 0 Å². The third kappa shape index (κ3) is 15.0. The quantitative estimate of drug-likeness (QED) is 0.104. The van der Waals surface area contributed by atoms with Crippen LogP contribution in [0.25, 0.3) is 11.1 Å². The molecule has 8 unspecified atom stereocenters. The minimum Gasteiger partial charge on any atom is -0.508 e. The zero-order chi connectivity index (χ0) is 78.0. The van der Waals surface area contributed by atoms with Crippen LogP contribution in [0.4, 0.5) is 0 Å². The van der Waals surface area contributed by atoms with E-state index in [-0.39, 0.29) is 34.8 Å². The molecule has 36 heteroatoms. The van der Waals surface area contributed by atoms with Crippen LogP contribution in [0.5, 0.6) is 69.0 Å². The standard InChI is InChI=1S/C73H68Cl2N6O28/c1-77-53-27-5-10-40(85)45(16-27)104-33-21-37(51(75)41(86)22-33)56-69(98)79-55-29-17-47(103-32-7-2-25(3-8-32)12-30(15-42(53)87)66(95)80-56)64(108-72-52(76)60(91)62(93)65(109-72)71(101)102)48(18-29)105-44-11-6-28(14-38(44)74)58(89)57-43(88)23-35(70(99)100)34-19-31(83)20-46(106-73-63(94)61(92)59(90)49(24-82)107-73)50(34)36-13-26(4-9-39(36)84)54(67(96)81-57)78-68(55)97/h2-11,13-14,16-22,30,35,49,52-63,65,72-73,77,82-86,89-94H,12,15,23-24,76H2,1H3,(H,78,97)(H,79,98)(H,80,95)(H,81,96)(H,99,100)(H,101,102)/t30?,35?,49-,52-,53?,54?,55?,56?,57?,58?,59-,60-,61+,62+,63+,65+,72-,73+/m1/s1. The number of fused-ring (bicyclic) bond motifs is 14. The molecule has 7 aromatic carbocycles. The van der Waals surface area contributed by atoms with Crippen LogP contribution in [0.1, 0.15) is 88.0 Å². The van der Waals surface area contributed by atoms with Crippen molar-refractivity contribution in [1.29, 1.82) is 0 Å². The Balaban J connectivity index is 1.06. The van der Waals surface area contributed by atoms with Gasteiger partial charge in [0.1, 0.15) is 107 Å². The fourth-order valence-electron chi connectivity index (χ4n) is 13.8. The number of ketones is 2. The minimum atomic E-state index is -2.40. The second-order valence-corrected chi connectivity index (χ2v) is 27.4. The molecule has 4 amide bonds. The number of carbonyl (C=O) groups excluding carboxylic acids is 6. The van der Waals surface area contributed by atoms with Crippen molar-refractivity contribution in [3.63, 3.8) is 0 Å². The molecular formula is C73H68Cl2N6O28. The highest BCUT2D eigenvalue weighted by molar-refractivity contribution is 6.33. The number of likely N-dealkylation sites (N-methyl/N-ethyl adjacent to an activating group) is 1. The van der Waals surface area contributed by atoms with Crippen LogP contribution in [0.3, 0.4) is 0 Å². The fourth-order valence-corrected chi connectivity index (χ4v) is 14.2. The first-order chi connectivity index (χ1) is 51.9. The Bertz CT molecular complexity index is 4840. The predicted molar refractivity (Wildman–Crippen MR) is 370 cm³/mol. The largest absolute Gasteiger partial charge is 0.508 e. The fraction of sp³-hybridized carbons (Fsp3) is 0.315. The number of carbonyl (C=O) groups is 8. The van der Waals surface area contributed by atoms with Crippen LogP contribution in [-0.2, 0) is 54.3 Å². The van der Waals surface area contributed by atoms with E-state index in [4.69, 9.17) is 62.1 Å². The van der Waals surface area contributed by atoms with Crippen LogP contribution in [-0.4, -0.2) is 195 Å². The summed E-state index contributed by atoms with van der Waals surface area (Å²) in [5.41, 5.74) is 3.73. The molecule has 18 atom stereocenters. The van der Waals surface area contributed by atoms with Crippen LogP contribution < -0.4 is 56.0 Å². The summed E-state index contributed by atoms with van der Waals surface area (Å²) in [6, 6.07) is 9.66. The van der Waals surface area contributed by atoms with Gasteiger partial charge in [0, 0.05) is 47.6 Å². The van der Waals surface area contributed by atoms with Crippen molar-refractivity contribution in [3.05, 3.63) is 164 Å². The molecule has 8 aliphatic heterocycles. The van der Waals surface area contributed by atoms with E-state index < -0.39 is 271 Å². The van der Waals surface area contributed by atoms with Gasteiger partial charge in [-0.1, -0.05) is 53.5 Å². The number of nitrogens with two attached hydrogens (primary N) is 1. The molecule has 8 aliphatic rings. The zero-order valence-electron chi connectivity index (χ0n) is 56.5. The SMILES string of the molecule is CNC1C(=O)CC2Cc3ccc(cc3)Oc3cc4cc(c3O[C@@H]3O[C@H](C(=O)O)[C@@H](O)[C@H](O)[C@H]3N)Oc3ccc(cc3Cl)C(O)C3NC(=O)C(NC(=O)C4NC(=O)C(NC2=O)c2cc(cc(O)c2Cl)Oc2cc1ccc2O)c1ccc(O)c(c1)-c1c(O[C@H]2O[C@H](CO)[C@@H](O)[C@H](O)[C@@H]2O)cc(O)cc1C(C(=O)O)CC3=O. The Labute approximate surface area is 624 Å². The van der Waals surface area contributed by atoms with E-state index in [1.54, 1.807) is 0 Å². The lowest BCUT2D eigenvalue weighted by Gasteiger charge is -2.40. The maximum atomic E-state index is 16.4. The highest BCUT2D eigenvalue weighted by Crippen LogP contribution is 2.51. The molecule has 34 nitrogen and oxygen atoms in total. The summed E-state index contributed by atoms with van der Waals surface area (Å²) in [5.74, 6) is -20.9. The molecule has 0 spiro atoms. The summed E-state index contributed by atoms with van der Waals surface area (Å²) in [7, 11) is 1.46. The van der Waals surface area contributed by atoms with Gasteiger partial charge in [0.2, 0.25) is 42.0 Å². The van der Waals surface area contributed by atoms with Gasteiger partial charge >= 0.3 is 11.9 Å². The van der Waals surface area contributed by atoms with Crippen molar-refractivity contribution in [2.75, 3.05) is 13.7 Å². The molecule has 109 heavy (non-hydrogen) atoms. The molecule has 0 saturated carbocycles. The number of ether oxygens (including phenoxy) is 7. The molecular weight excluding hydrogens is 1480 g/mol. The molecule has 15 rings (SSSR count). The number of benzene rings is 7. The molecule has 2 saturated heterocycles. The van der Waals surface area contributed by atoms with Gasteiger partial charge in [0.15, 0.2) is 40.7 Å². The Hall–Kier alpha value is -11.0. The normalized spacial score (nSPS) is 28.4. The topological polar surface area (TPSA) is 550 Å². The van der Waals surface area contributed by atoms with Gasteiger partial charge in [-0.05, 0) is 120 Å². The number of aliphatic hydroxyl groups excluding tert-OH is 7. The molecule has 0 radical (unpaired) electrons. The van der Waals surface area contributed by atoms with E-state index in [0.29, 0.717) is 5.56 Å². The van der Waals surface area contributed by atoms with E-state index in [0.717, 1.165) is 72.8 Å². The number of halogens is 2. The molecule has 8 heterocycles. The Morgan fingerprint density at radius 3 is 1.88 bits per heavy atom. The second kappa shape index (κ2) is 30.6. The average molecular weight is 1550 g/mol. The molecule has 572 valence electrons. The molecule has 0 aliphatic carbocycles. The number of Topliss-reactive ketones (excluding diaryl/α,β-unsaturated/α-hetero) is 2. The van der Waals surface area contributed by atoms with Gasteiger partial charge in [0.05, 0.1) is 34.7 Å². The van der Waals surface area contributed by atoms with Crippen molar-refractivity contribution >= 4 is 70.3 Å². The van der Waals surface area contributed by atoms with E-state index in [9.17, 15) is 80.8 Å². The number of nitrogens with one attached hydrogen (secondary N) is 5. The smallest absolute Gasteiger partial charge is 0.335 e. The maximum absolute atomic E-state index is 16.4. The van der Waals surface area contributed by atoms with Gasteiger partial charge in [0.25, 0.3) is 0 Å². The number of carboxylic acid groups (broad SMARTS) is 2. The Morgan fingerprint density at radius 1 is 0.550 bits per heavy atom. The summed E-state index contributed by atoms with van der Waals surface area (Å²) in [4.78, 5) is 120. The lowest BCUT2D eigenvalue weighted by Crippen LogP contribution is -2.64. The number of hydrogen-bond donors (Lipinski definition) is 19. The van der Waals surface area contributed by atoms with Crippen LogP contribution in [0, 0.1) is 5.92 Å². The summed E-state index contributed by atoms with van der Waals surface area (Å²) >= 11 is 14.0. The number of aromatic hydroxyl groups is 4. The van der Waals surface area contributed by atoms with Crippen molar-refractivity contribution < 1.29 is 138 Å². The summed E-state index contributed by atoms with van der Waals surface area (Å²) in [5, 5.41) is 157. The number of phenols is 4. The molecule has 7 aromatic rings. The molecule has 20 N–H and O–H groups in total. The minimum absolute atomic E-state index is 0.105. The number of carboxylic acids is 2. The van der Waals surface area contributed by atoms with Crippen LogP contribution in [0.15, 0.2) is 115 Å². The zero-order valence-corrected chi connectivity index (χ0v) is 58.0. The summed E-state index contributed by atoms with van der Waals surface area (Å²) in [6.07, 6.45) is -22.8. The van der Waals surface area contributed by atoms with Gasteiger partial charge in [-0.25, -0.2) is 4.79 Å². The van der Waals surface area contributed by atoms with Crippen molar-refractivity contribution in [3.8, 4) is 80.1 Å². The van der Waals surface area contributed by atoms with Gasteiger partial charge in [-0.2, -0.15) is 0 Å². The average Bonchev–Trinajstić information content (AvgIpc) is 0.763. The van der Waals surface area contributed by atoms with E-state index in [1.165, 1.54) is 49.5 Å². The third-order valence-corrected chi connectivity index (χ3v) is 20.2. The number of amides is 4. The molecule has 17 bridgehead atoms. The molecule has 0 aromatic heterocycles. The highest BCUT2D eigenvalue weighted by atomic mass is 35.5. The predicted octanol–water partition coefficient (Wildman–Crippen LogP) is 2.23. The first-order valence-corrected chi connectivity index (χ1v) is 34.3. The summed E-state index contributed by atoms with van der Waals surface area (Å²) in [6.45, 7) is -0.973. The van der Waals surface area contributed by atoms with E-state index >= 15 is 24.0 Å². The number of phenolic OH excluding ortho intramolecular Hbond substituents is 4. The number of hydrogen-bond acceptors (Lipinski definition) is 28. The number of aliphatic hydroxyl groups is 7. The monoisotopic (exact) mass is 1550 g/mol. The van der Waals surface area contributed by atoms with Gasteiger partial charge < -0.3 is 132 Å². The molecule has 2 fully saturated rings. The van der Waals surface area contributed by atoms with E-state index in [1.807, 2.05) is 0 Å². The lowest BCUT2D eigenvalue weighted by molar-refractivity contribution is -0.277. The first kappa shape index (κ1) is 76.2. The third-order valence-electron chi connectivity index (χ3n) is 19.5. The van der Waals surface area contributed by atoms with Crippen molar-refractivity contribution in [2.24, 2.45) is 11.7 Å². The summed E-state index contributed by atoms with van der Waals surface area (Å²) < 4.78 is 43.1. The Morgan fingerprint density at radius 2 is 1.19 bits per heavy atom. The van der Waals surface area contributed by atoms with Crippen molar-refractivity contribution in [1.82, 2.24) is 26.6 Å². The second-order valence-electron chi connectivity index (χ2n) is 26.6. The van der Waals surface area contributed by atoms with Crippen LogP contribution in [0.2, 0.25) is 10.0 Å². The number of rotatable bonds is 8. The first-order valence-electron chi connectivity index (χ1n) is 33.5. The maximum Gasteiger partial charge on any atom is 0.335 e. The van der Waals surface area contributed by atoms with E-state index in [2.05, 4.69) is 26.6 Å². The van der Waals surface area contributed by atoms with Crippen LogP contribution >= 0.6 is 23.2 Å². The lowest BCUT2D eigenvalue weighted by atomic mass is 9.83. The van der Waals surface area contributed by atoms with Gasteiger partial charge in [-0.3, -0.25) is 33.6 Å².